The van der Waals surface area contributed by atoms with Gasteiger partial charge in [0.15, 0.2) is 11.8 Å². The first-order valence-corrected chi connectivity index (χ1v) is 6.96. The van der Waals surface area contributed by atoms with Crippen molar-refractivity contribution in [2.45, 2.75) is 19.1 Å². The van der Waals surface area contributed by atoms with Crippen LogP contribution in [0.4, 0.5) is 0 Å². The van der Waals surface area contributed by atoms with Crippen molar-refractivity contribution in [2.75, 3.05) is 7.11 Å². The fourth-order valence-electron chi connectivity index (χ4n) is 2.03. The molecule has 0 bridgehead atoms. The van der Waals surface area contributed by atoms with Crippen molar-refractivity contribution in [2.24, 2.45) is 16.0 Å². The Morgan fingerprint density at radius 2 is 2.17 bits per heavy atom. The van der Waals surface area contributed by atoms with Crippen molar-refractivity contribution >= 4 is 17.3 Å². The second kappa shape index (κ2) is 8.11. The first-order chi connectivity index (χ1) is 11.2. The van der Waals surface area contributed by atoms with Crippen LogP contribution in [0.15, 0.2) is 53.3 Å². The molecule has 0 spiro atoms. The molecule has 0 radical (unpaired) electrons. The first-order valence-electron chi connectivity index (χ1n) is 6.96. The van der Waals surface area contributed by atoms with Crippen LogP contribution in [0.2, 0.25) is 0 Å². The molecule has 23 heavy (non-hydrogen) atoms. The molecule has 1 heterocycles. The van der Waals surface area contributed by atoms with E-state index < -0.39 is 0 Å². The summed E-state index contributed by atoms with van der Waals surface area (Å²) in [6, 6.07) is 7.17. The van der Waals surface area contributed by atoms with Crippen molar-refractivity contribution in [1.29, 1.82) is 0 Å². The number of ether oxygens (including phenoxy) is 1. The van der Waals surface area contributed by atoms with Gasteiger partial charge in [0.05, 0.1) is 18.6 Å². The number of hydrogen-bond acceptors (Lipinski definition) is 7. The Labute approximate surface area is 134 Å². The lowest BCUT2D eigenvalue weighted by Crippen LogP contribution is -2.32. The lowest BCUT2D eigenvalue weighted by molar-refractivity contribution is 0.191. The molecule has 122 valence electrons. The van der Waals surface area contributed by atoms with Crippen LogP contribution >= 0.6 is 0 Å². The highest BCUT2D eigenvalue weighted by Crippen LogP contribution is 2.18. The largest absolute Gasteiger partial charge is 0.491 e. The molecule has 0 saturated carbocycles. The molecule has 7 heteroatoms. The lowest BCUT2D eigenvalue weighted by atomic mass is 10.1. The summed E-state index contributed by atoms with van der Waals surface area (Å²) in [5.41, 5.74) is 2.34. The number of oxime groups is 1. The van der Waals surface area contributed by atoms with Gasteiger partial charge in [-0.15, -0.1) is 0 Å². The van der Waals surface area contributed by atoms with Crippen LogP contribution in [-0.4, -0.2) is 29.9 Å². The number of aliphatic hydroxyl groups is 1. The molecule has 1 aromatic rings. The van der Waals surface area contributed by atoms with Crippen molar-refractivity contribution in [3.63, 3.8) is 0 Å². The Morgan fingerprint density at radius 1 is 1.43 bits per heavy atom. The summed E-state index contributed by atoms with van der Waals surface area (Å²) >= 11 is 0. The van der Waals surface area contributed by atoms with E-state index in [1.165, 1.54) is 7.11 Å². The van der Waals surface area contributed by atoms with Gasteiger partial charge in [-0.3, -0.25) is 0 Å². The number of hydrogen-bond donors (Lipinski definition) is 2. The zero-order valence-corrected chi connectivity index (χ0v) is 12.8. The molecule has 1 aliphatic rings. The van der Waals surface area contributed by atoms with E-state index in [4.69, 9.17) is 25.4 Å². The summed E-state index contributed by atoms with van der Waals surface area (Å²) in [6.07, 6.45) is 3.67. The Balaban J connectivity index is 2.24. The van der Waals surface area contributed by atoms with Crippen molar-refractivity contribution in [1.82, 2.24) is 0 Å². The fourth-order valence-corrected chi connectivity index (χ4v) is 2.03. The molecular weight excluding hydrogens is 298 g/mol. The van der Waals surface area contributed by atoms with Crippen LogP contribution in [0.5, 0.6) is 0 Å². The molecule has 1 aliphatic heterocycles. The predicted molar refractivity (Wildman–Crippen MR) is 87.2 cm³/mol. The maximum absolute atomic E-state index is 9.07. The Kier molecular flexibility index (Phi) is 5.90. The van der Waals surface area contributed by atoms with E-state index in [2.05, 4.69) is 16.7 Å². The Hall–Kier alpha value is -2.64. The topological polar surface area (TPSA) is 98.7 Å². The van der Waals surface area contributed by atoms with Gasteiger partial charge in [0, 0.05) is 6.42 Å². The van der Waals surface area contributed by atoms with Crippen molar-refractivity contribution < 1.29 is 19.5 Å². The smallest absolute Gasteiger partial charge is 0.267 e. The van der Waals surface area contributed by atoms with E-state index in [-0.39, 0.29) is 18.6 Å². The minimum atomic E-state index is -0.373. The van der Waals surface area contributed by atoms with Gasteiger partial charge in [0.25, 0.3) is 5.90 Å². The summed E-state index contributed by atoms with van der Waals surface area (Å²) < 4.78 is 5.40. The van der Waals surface area contributed by atoms with Gasteiger partial charge < -0.3 is 19.5 Å². The average Bonchev–Trinajstić information content (AvgIpc) is 3.12. The molecule has 0 aromatic heterocycles. The molecular formula is C16H19N3O4. The molecule has 3 N–H and O–H groups in total. The number of nitrogens with two attached hydrogens (primary N) is 1. The van der Waals surface area contributed by atoms with E-state index in [0.717, 1.165) is 11.1 Å². The minimum Gasteiger partial charge on any atom is -0.491 e. The summed E-state index contributed by atoms with van der Waals surface area (Å²) in [7, 11) is 1.42. The SMILES string of the molecule is C=C(/N=C(ON)/C(=N\OC)C1CC=CO1)c1ccc(CO)cc1. The highest BCUT2D eigenvalue weighted by molar-refractivity contribution is 6.41. The second-order valence-corrected chi connectivity index (χ2v) is 4.73. The first kappa shape index (κ1) is 16.7. The maximum Gasteiger partial charge on any atom is 0.267 e. The molecule has 1 atom stereocenters. The van der Waals surface area contributed by atoms with Crippen LogP contribution in [0.1, 0.15) is 17.5 Å². The van der Waals surface area contributed by atoms with Crippen LogP contribution in [0.25, 0.3) is 5.70 Å². The molecule has 1 aromatic carbocycles. The van der Waals surface area contributed by atoms with E-state index >= 15 is 0 Å². The number of rotatable bonds is 6. The van der Waals surface area contributed by atoms with Gasteiger partial charge in [0.1, 0.15) is 7.11 Å². The van der Waals surface area contributed by atoms with E-state index in [0.29, 0.717) is 17.8 Å². The molecule has 0 aliphatic carbocycles. The minimum absolute atomic E-state index is 0.0240. The fraction of sp³-hybridized carbons (Fsp3) is 0.250. The highest BCUT2D eigenvalue weighted by Gasteiger charge is 2.26. The van der Waals surface area contributed by atoms with E-state index in [9.17, 15) is 0 Å². The zero-order chi connectivity index (χ0) is 16.7. The molecule has 7 nitrogen and oxygen atoms in total. The van der Waals surface area contributed by atoms with Gasteiger partial charge in [-0.05, 0) is 17.2 Å². The predicted octanol–water partition coefficient (Wildman–Crippen LogP) is 1.74. The second-order valence-electron chi connectivity index (χ2n) is 4.73. The van der Waals surface area contributed by atoms with Crippen LogP contribution in [0, 0.1) is 0 Å². The van der Waals surface area contributed by atoms with Crippen LogP contribution < -0.4 is 5.90 Å². The molecule has 0 saturated heterocycles. The molecule has 1 unspecified atom stereocenters. The third kappa shape index (κ3) is 4.18. The maximum atomic E-state index is 9.07. The number of aliphatic hydroxyl groups excluding tert-OH is 1. The summed E-state index contributed by atoms with van der Waals surface area (Å²) in [5, 5.41) is 13.0. The monoisotopic (exact) mass is 317 g/mol. The van der Waals surface area contributed by atoms with E-state index in [1.54, 1.807) is 30.5 Å². The highest BCUT2D eigenvalue weighted by atomic mass is 16.6. The Bertz CT molecular complexity index is 627. The summed E-state index contributed by atoms with van der Waals surface area (Å²) in [5.74, 6) is 5.39. The third-order valence-electron chi connectivity index (χ3n) is 3.22. The van der Waals surface area contributed by atoms with Gasteiger partial charge in [-0.2, -0.15) is 5.90 Å². The standard InChI is InChI=1S/C16H19N3O4/c1-11(13-7-5-12(10-20)6-8-13)18-16(23-17)15(19-21-2)14-4-3-9-22-14/h3,5-9,14,20H,1,4,10,17H2,2H3/b18-16-,19-15-. The zero-order valence-electron chi connectivity index (χ0n) is 12.8. The van der Waals surface area contributed by atoms with Crippen molar-refractivity contribution in [3.8, 4) is 0 Å². The van der Waals surface area contributed by atoms with Crippen molar-refractivity contribution in [3.05, 3.63) is 54.3 Å². The average molecular weight is 317 g/mol. The number of nitrogens with zero attached hydrogens (tertiary/aromatic N) is 2. The number of aliphatic imine (C=N–C) groups is 1. The molecule has 0 fully saturated rings. The molecule has 0 amide bonds. The van der Waals surface area contributed by atoms with Gasteiger partial charge in [0.2, 0.25) is 0 Å². The Morgan fingerprint density at radius 3 is 2.70 bits per heavy atom. The summed E-state index contributed by atoms with van der Waals surface area (Å²) in [6.45, 7) is 3.88. The van der Waals surface area contributed by atoms with Gasteiger partial charge in [-0.25, -0.2) is 4.99 Å². The quantitative estimate of drug-likeness (QED) is 0.473. The number of benzene rings is 1. The summed E-state index contributed by atoms with van der Waals surface area (Å²) in [4.78, 5) is 13.9. The molecule has 2 rings (SSSR count). The van der Waals surface area contributed by atoms with Gasteiger partial charge >= 0.3 is 0 Å². The lowest BCUT2D eigenvalue weighted by Gasteiger charge is -2.14. The third-order valence-corrected chi connectivity index (χ3v) is 3.22. The van der Waals surface area contributed by atoms with Gasteiger partial charge in [-0.1, -0.05) is 36.0 Å². The normalized spacial score (nSPS) is 17.8. The van der Waals surface area contributed by atoms with Crippen LogP contribution in [0.3, 0.4) is 0 Å². The van der Waals surface area contributed by atoms with E-state index in [1.807, 2.05) is 6.08 Å². The van der Waals surface area contributed by atoms with Crippen LogP contribution in [-0.2, 0) is 21.0 Å².